The van der Waals surface area contributed by atoms with Crippen molar-refractivity contribution >= 4 is 22.5 Å². The molecule has 33 heavy (non-hydrogen) atoms. The van der Waals surface area contributed by atoms with Crippen molar-refractivity contribution in [1.29, 1.82) is 0 Å². The molecule has 0 unspecified atom stereocenters. The third-order valence-corrected chi connectivity index (χ3v) is 4.53. The van der Waals surface area contributed by atoms with E-state index in [-0.39, 0.29) is 6.61 Å². The number of anilines is 1. The molecule has 0 bridgehead atoms. The zero-order valence-corrected chi connectivity index (χ0v) is 20.3. The molecule has 178 valence electrons. The van der Waals surface area contributed by atoms with Gasteiger partial charge in [0, 0.05) is 18.0 Å². The molecule has 0 aliphatic rings. The van der Waals surface area contributed by atoms with Gasteiger partial charge in [0.25, 0.3) is 0 Å². The van der Waals surface area contributed by atoms with Crippen LogP contribution >= 0.6 is 0 Å². The first kappa shape index (κ1) is 25.7. The maximum atomic E-state index is 9.49. The smallest absolute Gasteiger partial charge is 0.226 e. The zero-order valence-electron chi connectivity index (χ0n) is 20.3. The summed E-state index contributed by atoms with van der Waals surface area (Å²) >= 11 is 0. The summed E-state index contributed by atoms with van der Waals surface area (Å²) in [5.41, 5.74) is 2.19. The topological polar surface area (TPSA) is 103 Å². The molecule has 0 atom stereocenters. The second-order valence-corrected chi connectivity index (χ2v) is 6.29. The summed E-state index contributed by atoms with van der Waals surface area (Å²) in [5.74, 6) is 2.81. The van der Waals surface area contributed by atoms with E-state index in [1.807, 2.05) is 64.1 Å². The fourth-order valence-corrected chi connectivity index (χ4v) is 3.14. The lowest BCUT2D eigenvalue weighted by molar-refractivity contribution is 0.271. The first-order valence-corrected chi connectivity index (χ1v) is 11.0. The number of aliphatic hydroxyl groups excluding tert-OH is 1. The lowest BCUT2D eigenvalue weighted by atomic mass is 10.2. The number of rotatable bonds is 7. The number of nitrogens with one attached hydrogen (secondary N) is 1. The first-order chi connectivity index (χ1) is 16.2. The predicted octanol–water partition coefficient (Wildman–Crippen LogP) is 4.46. The summed E-state index contributed by atoms with van der Waals surface area (Å²) in [7, 11) is 4.82. The highest BCUT2D eigenvalue weighted by Crippen LogP contribution is 2.29. The number of ether oxygens (including phenoxy) is 3. The maximum Gasteiger partial charge on any atom is 0.226 e. The van der Waals surface area contributed by atoms with E-state index in [1.54, 1.807) is 25.8 Å². The number of aliphatic hydroxyl groups is 1. The number of aromatic nitrogens is 4. The number of hydrogen-bond donors (Lipinski definition) is 2. The van der Waals surface area contributed by atoms with Crippen LogP contribution in [0.2, 0.25) is 0 Å². The van der Waals surface area contributed by atoms with Crippen LogP contribution in [0.1, 0.15) is 39.1 Å². The summed E-state index contributed by atoms with van der Waals surface area (Å²) in [4.78, 5) is 9.13. The Bertz CT molecular complexity index is 1150. The third-order valence-electron chi connectivity index (χ3n) is 4.53. The zero-order chi connectivity index (χ0) is 24.4. The monoisotopic (exact) mass is 455 g/mol. The van der Waals surface area contributed by atoms with E-state index in [1.165, 1.54) is 0 Å². The van der Waals surface area contributed by atoms with Gasteiger partial charge in [-0.25, -0.2) is 9.97 Å². The van der Waals surface area contributed by atoms with E-state index < -0.39 is 0 Å². The minimum Gasteiger partial charge on any atom is -0.497 e. The van der Waals surface area contributed by atoms with Gasteiger partial charge in [-0.15, -0.1) is 5.10 Å². The molecule has 4 aromatic rings. The van der Waals surface area contributed by atoms with Crippen molar-refractivity contribution in [3.63, 3.8) is 0 Å². The van der Waals surface area contributed by atoms with Gasteiger partial charge in [0.15, 0.2) is 11.5 Å². The Morgan fingerprint density at radius 2 is 1.58 bits per heavy atom. The number of hydrogen-bond acceptors (Lipinski definition) is 8. The number of methoxy groups -OCH3 is 3. The van der Waals surface area contributed by atoms with E-state index in [2.05, 4.69) is 15.4 Å². The minimum absolute atomic E-state index is 0.264. The van der Waals surface area contributed by atoms with Crippen LogP contribution in [-0.4, -0.2) is 46.0 Å². The Kier molecular flexibility index (Phi) is 9.68. The van der Waals surface area contributed by atoms with Gasteiger partial charge >= 0.3 is 0 Å². The molecule has 9 heteroatoms. The molecule has 9 nitrogen and oxygen atoms in total. The number of benzene rings is 2. The van der Waals surface area contributed by atoms with Gasteiger partial charge in [-0.3, -0.25) is 0 Å². The molecular weight excluding hydrogens is 422 g/mol. The maximum absolute atomic E-state index is 9.49. The number of para-hydroxylation sites is 1. The van der Waals surface area contributed by atoms with Crippen LogP contribution in [0.4, 0.5) is 5.95 Å². The molecule has 0 amide bonds. The van der Waals surface area contributed by atoms with Gasteiger partial charge in [0.2, 0.25) is 5.95 Å². The molecule has 0 saturated heterocycles. The Labute approximate surface area is 194 Å². The molecule has 2 aromatic carbocycles. The largest absolute Gasteiger partial charge is 0.497 e. The van der Waals surface area contributed by atoms with Gasteiger partial charge in [-0.2, -0.15) is 4.52 Å². The molecule has 2 aromatic heterocycles. The molecule has 0 fully saturated rings. The molecule has 0 aliphatic carbocycles. The lowest BCUT2D eigenvalue weighted by Gasteiger charge is -2.12. The fourth-order valence-electron chi connectivity index (χ4n) is 3.14. The molecule has 4 rings (SSSR count). The number of nitrogens with zero attached hydrogens (tertiary/aromatic N) is 4. The van der Waals surface area contributed by atoms with Crippen molar-refractivity contribution < 1.29 is 19.3 Å². The quantitative estimate of drug-likeness (QED) is 0.421. The Hall–Kier alpha value is -3.59. The van der Waals surface area contributed by atoms with Crippen LogP contribution in [0.25, 0.3) is 16.6 Å². The summed E-state index contributed by atoms with van der Waals surface area (Å²) < 4.78 is 17.7. The highest BCUT2D eigenvalue weighted by Gasteiger charge is 2.16. The van der Waals surface area contributed by atoms with Gasteiger partial charge in [0.05, 0.1) is 21.3 Å². The average molecular weight is 456 g/mol. The normalized spacial score (nSPS) is 10.1. The molecule has 0 radical (unpaired) electrons. The molecular formula is C24H33N5O4. The Morgan fingerprint density at radius 1 is 0.909 bits per heavy atom. The third kappa shape index (κ3) is 5.61. The van der Waals surface area contributed by atoms with Crippen LogP contribution < -0.4 is 19.5 Å². The highest BCUT2D eigenvalue weighted by atomic mass is 16.5. The fraction of sp³-hybridized carbons (Fsp3) is 0.375. The molecule has 2 N–H and O–H groups in total. The van der Waals surface area contributed by atoms with Crippen molar-refractivity contribution in [3.8, 4) is 17.2 Å². The van der Waals surface area contributed by atoms with Crippen LogP contribution in [0.15, 0.2) is 36.4 Å². The Balaban J connectivity index is 0.000000914. The van der Waals surface area contributed by atoms with Crippen LogP contribution in [0.3, 0.4) is 0 Å². The number of fused-ring (bicyclic) bond motifs is 3. The van der Waals surface area contributed by atoms with Crippen LogP contribution in [0.5, 0.6) is 17.2 Å². The minimum atomic E-state index is -0.264. The van der Waals surface area contributed by atoms with E-state index in [4.69, 9.17) is 19.2 Å². The first-order valence-electron chi connectivity index (χ1n) is 11.0. The standard InChI is InChI=1S/C20H21N5O4.2C2H6/c1-27-13-7-12(8-14(9-13)28-2)10-21-20-23-18-15(5-4-6-16(18)29-3)19-22-17(11-26)24-25(19)20;2*1-2/h4-9,26H,10-11H2,1-3H3,(H,21,23);2*1-2H3. The molecule has 0 spiro atoms. The summed E-state index contributed by atoms with van der Waals surface area (Å²) in [6.45, 7) is 8.18. The van der Waals surface area contributed by atoms with Gasteiger partial charge < -0.3 is 24.6 Å². The molecule has 0 saturated carbocycles. The SMILES string of the molecule is CC.CC.COc1cc(CNc2nc3c(OC)cccc3c3nc(CO)nn23)cc(OC)c1. The summed E-state index contributed by atoms with van der Waals surface area (Å²) in [6.07, 6.45) is 0. The summed E-state index contributed by atoms with van der Waals surface area (Å²) in [6, 6.07) is 11.2. The van der Waals surface area contributed by atoms with Crippen molar-refractivity contribution in [2.45, 2.75) is 40.8 Å². The van der Waals surface area contributed by atoms with E-state index in [0.717, 1.165) is 10.9 Å². The van der Waals surface area contributed by atoms with Crippen LogP contribution in [-0.2, 0) is 13.2 Å². The van der Waals surface area contributed by atoms with E-state index >= 15 is 0 Å². The van der Waals surface area contributed by atoms with Crippen molar-refractivity contribution in [2.24, 2.45) is 0 Å². The summed E-state index contributed by atoms with van der Waals surface area (Å²) in [5, 5.41) is 17.9. The van der Waals surface area contributed by atoms with Crippen LogP contribution in [0, 0.1) is 0 Å². The second-order valence-electron chi connectivity index (χ2n) is 6.29. The molecule has 0 aliphatic heterocycles. The Morgan fingerprint density at radius 3 is 2.15 bits per heavy atom. The van der Waals surface area contributed by atoms with Gasteiger partial charge in [-0.1, -0.05) is 33.8 Å². The average Bonchev–Trinajstić information content (AvgIpc) is 3.34. The van der Waals surface area contributed by atoms with Gasteiger partial charge in [0.1, 0.15) is 29.4 Å². The second kappa shape index (κ2) is 12.4. The van der Waals surface area contributed by atoms with E-state index in [0.29, 0.717) is 46.7 Å². The van der Waals surface area contributed by atoms with Crippen molar-refractivity contribution in [3.05, 3.63) is 47.8 Å². The van der Waals surface area contributed by atoms with E-state index in [9.17, 15) is 5.11 Å². The predicted molar refractivity (Wildman–Crippen MR) is 130 cm³/mol. The van der Waals surface area contributed by atoms with Crippen molar-refractivity contribution in [1.82, 2.24) is 19.6 Å². The molecule has 2 heterocycles. The van der Waals surface area contributed by atoms with Crippen molar-refractivity contribution in [2.75, 3.05) is 26.6 Å². The lowest BCUT2D eigenvalue weighted by Crippen LogP contribution is -2.09. The van der Waals surface area contributed by atoms with Gasteiger partial charge in [-0.05, 0) is 29.8 Å². The highest BCUT2D eigenvalue weighted by molar-refractivity contribution is 5.95.